The Bertz CT molecular complexity index is 699. The number of halogens is 1. The lowest BCUT2D eigenvalue weighted by atomic mass is 10.1. The highest BCUT2D eigenvalue weighted by molar-refractivity contribution is 7.80. The fraction of sp³-hybridized carbons (Fsp3) is 0.333. The molecule has 1 aliphatic heterocycles. The highest BCUT2D eigenvalue weighted by Crippen LogP contribution is 2.26. The summed E-state index contributed by atoms with van der Waals surface area (Å²) in [5, 5.41) is 8.02. The average molecular weight is 361 g/mol. The van der Waals surface area contributed by atoms with Gasteiger partial charge in [0.1, 0.15) is 5.82 Å². The first-order valence-corrected chi connectivity index (χ1v) is 8.90. The Kier molecular flexibility index (Phi) is 5.53. The lowest BCUT2D eigenvalue weighted by molar-refractivity contribution is 0.466. The van der Waals surface area contributed by atoms with Crippen LogP contribution in [0.2, 0.25) is 5.02 Å². The Balaban J connectivity index is 1.51. The number of hydrogen-bond donors (Lipinski definition) is 2. The quantitative estimate of drug-likeness (QED) is 0.809. The predicted molar refractivity (Wildman–Crippen MR) is 105 cm³/mol. The molecular weight excluding hydrogens is 340 g/mol. The Hall–Kier alpha value is -1.85. The van der Waals surface area contributed by atoms with Crippen molar-refractivity contribution in [3.63, 3.8) is 0 Å². The van der Waals surface area contributed by atoms with Crippen LogP contribution in [0.3, 0.4) is 0 Å². The molecule has 0 atom stereocenters. The fourth-order valence-electron chi connectivity index (χ4n) is 2.87. The van der Waals surface area contributed by atoms with Gasteiger partial charge < -0.3 is 15.5 Å². The minimum absolute atomic E-state index is 0.370. The SMILES string of the molecule is Cc1cnc(N2CCC(NC(=S)Nc3ccccc3)CC2)c(Cl)c1. The molecule has 1 aromatic carbocycles. The monoisotopic (exact) mass is 360 g/mol. The summed E-state index contributed by atoms with van der Waals surface area (Å²) in [6, 6.07) is 12.3. The average Bonchev–Trinajstić information content (AvgIpc) is 2.57. The first-order chi connectivity index (χ1) is 11.6. The summed E-state index contributed by atoms with van der Waals surface area (Å²) in [6.07, 6.45) is 3.87. The maximum atomic E-state index is 6.32. The molecule has 1 saturated heterocycles. The molecule has 0 radical (unpaired) electrons. The number of thiocarbonyl (C=S) groups is 1. The zero-order chi connectivity index (χ0) is 16.9. The van der Waals surface area contributed by atoms with Crippen molar-refractivity contribution in [1.82, 2.24) is 10.3 Å². The topological polar surface area (TPSA) is 40.2 Å². The van der Waals surface area contributed by atoms with Gasteiger partial charge in [0.2, 0.25) is 0 Å². The summed E-state index contributed by atoms with van der Waals surface area (Å²) in [5.74, 6) is 0.880. The van der Waals surface area contributed by atoms with Crippen molar-refractivity contribution in [3.8, 4) is 0 Å². The molecule has 6 heteroatoms. The number of benzene rings is 1. The Morgan fingerprint density at radius 2 is 1.96 bits per heavy atom. The van der Waals surface area contributed by atoms with Crippen LogP contribution in [0, 0.1) is 6.92 Å². The van der Waals surface area contributed by atoms with Crippen LogP contribution in [0.25, 0.3) is 0 Å². The number of para-hydroxylation sites is 1. The second-order valence-corrected chi connectivity index (χ2v) is 6.86. The third kappa shape index (κ3) is 4.36. The number of nitrogens with zero attached hydrogens (tertiary/aromatic N) is 2. The van der Waals surface area contributed by atoms with Gasteiger partial charge in [0.15, 0.2) is 5.11 Å². The molecule has 2 N–H and O–H groups in total. The van der Waals surface area contributed by atoms with E-state index in [-0.39, 0.29) is 0 Å². The number of nitrogens with one attached hydrogen (secondary N) is 2. The van der Waals surface area contributed by atoms with E-state index >= 15 is 0 Å². The van der Waals surface area contributed by atoms with Crippen molar-refractivity contribution >= 4 is 40.4 Å². The zero-order valence-electron chi connectivity index (χ0n) is 13.6. The highest BCUT2D eigenvalue weighted by atomic mass is 35.5. The number of aromatic nitrogens is 1. The maximum absolute atomic E-state index is 6.32. The van der Waals surface area contributed by atoms with Crippen LogP contribution in [0.1, 0.15) is 18.4 Å². The van der Waals surface area contributed by atoms with Crippen molar-refractivity contribution < 1.29 is 0 Å². The number of piperidine rings is 1. The summed E-state index contributed by atoms with van der Waals surface area (Å²) < 4.78 is 0. The number of rotatable bonds is 3. The molecular formula is C18H21ClN4S. The summed E-state index contributed by atoms with van der Waals surface area (Å²) in [5.41, 5.74) is 2.08. The second-order valence-electron chi connectivity index (χ2n) is 6.04. The van der Waals surface area contributed by atoms with E-state index in [9.17, 15) is 0 Å². The molecule has 126 valence electrons. The lowest BCUT2D eigenvalue weighted by Gasteiger charge is -2.34. The molecule has 0 amide bonds. The molecule has 4 nitrogen and oxygen atoms in total. The van der Waals surface area contributed by atoms with Crippen LogP contribution in [0.5, 0.6) is 0 Å². The van der Waals surface area contributed by atoms with Gasteiger partial charge in [-0.05, 0) is 55.7 Å². The molecule has 1 aliphatic rings. The van der Waals surface area contributed by atoms with Gasteiger partial charge in [-0.25, -0.2) is 4.98 Å². The van der Waals surface area contributed by atoms with Crippen LogP contribution in [-0.4, -0.2) is 29.2 Å². The number of hydrogen-bond acceptors (Lipinski definition) is 3. The van der Waals surface area contributed by atoms with Gasteiger partial charge in [0.05, 0.1) is 5.02 Å². The van der Waals surface area contributed by atoms with Crippen LogP contribution in [0.4, 0.5) is 11.5 Å². The number of anilines is 2. The van der Waals surface area contributed by atoms with Crippen molar-refractivity contribution in [2.45, 2.75) is 25.8 Å². The molecule has 0 bridgehead atoms. The van der Waals surface area contributed by atoms with Crippen LogP contribution in [-0.2, 0) is 0 Å². The van der Waals surface area contributed by atoms with E-state index in [0.29, 0.717) is 11.2 Å². The van der Waals surface area contributed by atoms with E-state index in [1.807, 2.05) is 49.5 Å². The molecule has 3 rings (SSSR count). The molecule has 2 aromatic rings. The third-order valence-electron chi connectivity index (χ3n) is 4.12. The van der Waals surface area contributed by atoms with Crippen molar-refractivity contribution in [2.24, 2.45) is 0 Å². The minimum atomic E-state index is 0.370. The smallest absolute Gasteiger partial charge is 0.170 e. The first kappa shape index (κ1) is 17.0. The predicted octanol–water partition coefficient (Wildman–Crippen LogP) is 4.00. The van der Waals surface area contributed by atoms with Gasteiger partial charge in [-0.1, -0.05) is 29.8 Å². The molecule has 24 heavy (non-hydrogen) atoms. The normalized spacial score (nSPS) is 15.2. The summed E-state index contributed by atoms with van der Waals surface area (Å²) >= 11 is 11.7. The standard InChI is InChI=1S/C18H21ClN4S/c1-13-11-16(19)17(20-12-13)23-9-7-15(8-10-23)22-18(24)21-14-5-3-2-4-6-14/h2-6,11-12,15H,7-10H2,1H3,(H2,21,22,24). The molecule has 0 unspecified atom stereocenters. The van der Waals surface area contributed by atoms with E-state index in [1.54, 1.807) is 0 Å². The maximum Gasteiger partial charge on any atom is 0.170 e. The van der Waals surface area contributed by atoms with Gasteiger partial charge in [-0.2, -0.15) is 0 Å². The molecule has 0 spiro atoms. The van der Waals surface area contributed by atoms with E-state index in [2.05, 4.69) is 20.5 Å². The van der Waals surface area contributed by atoms with E-state index in [0.717, 1.165) is 48.0 Å². The van der Waals surface area contributed by atoms with Gasteiger partial charge >= 0.3 is 0 Å². The summed E-state index contributed by atoms with van der Waals surface area (Å²) in [4.78, 5) is 6.72. The number of pyridine rings is 1. The second kappa shape index (κ2) is 7.81. The molecule has 0 saturated carbocycles. The molecule has 1 fully saturated rings. The van der Waals surface area contributed by atoms with Gasteiger partial charge in [0.25, 0.3) is 0 Å². The van der Waals surface area contributed by atoms with Crippen LogP contribution in [0.15, 0.2) is 42.6 Å². The van der Waals surface area contributed by atoms with Crippen molar-refractivity contribution in [3.05, 3.63) is 53.2 Å². The minimum Gasteiger partial charge on any atom is -0.360 e. The zero-order valence-corrected chi connectivity index (χ0v) is 15.2. The van der Waals surface area contributed by atoms with Crippen molar-refractivity contribution in [1.29, 1.82) is 0 Å². The largest absolute Gasteiger partial charge is 0.360 e. The fourth-order valence-corrected chi connectivity index (χ4v) is 3.49. The molecule has 2 heterocycles. The Labute approximate surface area is 153 Å². The van der Waals surface area contributed by atoms with Gasteiger partial charge in [0, 0.05) is 31.0 Å². The molecule has 0 aliphatic carbocycles. The molecule has 1 aromatic heterocycles. The van der Waals surface area contributed by atoms with E-state index in [1.165, 1.54) is 0 Å². The third-order valence-corrected chi connectivity index (χ3v) is 4.62. The first-order valence-electron chi connectivity index (χ1n) is 8.11. The van der Waals surface area contributed by atoms with E-state index in [4.69, 9.17) is 23.8 Å². The lowest BCUT2D eigenvalue weighted by Crippen LogP contribution is -2.46. The van der Waals surface area contributed by atoms with Crippen LogP contribution >= 0.6 is 23.8 Å². The van der Waals surface area contributed by atoms with E-state index < -0.39 is 0 Å². The summed E-state index contributed by atoms with van der Waals surface area (Å²) in [7, 11) is 0. The van der Waals surface area contributed by atoms with Gasteiger partial charge in [-0.15, -0.1) is 0 Å². The Morgan fingerprint density at radius 1 is 1.25 bits per heavy atom. The van der Waals surface area contributed by atoms with Gasteiger partial charge in [-0.3, -0.25) is 0 Å². The Morgan fingerprint density at radius 3 is 2.62 bits per heavy atom. The summed E-state index contributed by atoms with van der Waals surface area (Å²) in [6.45, 7) is 3.84. The highest BCUT2D eigenvalue weighted by Gasteiger charge is 2.22. The van der Waals surface area contributed by atoms with Crippen LogP contribution < -0.4 is 15.5 Å². The van der Waals surface area contributed by atoms with Crippen molar-refractivity contribution in [2.75, 3.05) is 23.3 Å². The number of aryl methyl sites for hydroxylation is 1.